The number of unbranched alkanes of at least 4 members (excludes halogenated alkanes) is 4. The fourth-order valence-corrected chi connectivity index (χ4v) is 2.00. The van der Waals surface area contributed by atoms with Crippen molar-refractivity contribution in [2.24, 2.45) is 5.41 Å². The Hall–Kier alpha value is -0.0400. The quantitative estimate of drug-likeness (QED) is 0.566. The van der Waals surface area contributed by atoms with E-state index in [-0.39, 0.29) is 0 Å². The van der Waals surface area contributed by atoms with Gasteiger partial charge < -0.3 is 5.32 Å². The fraction of sp³-hybridized carbons (Fsp3) is 1.00. The molecule has 1 rings (SSSR count). The fourth-order valence-electron chi connectivity index (χ4n) is 2.00. The van der Waals surface area contributed by atoms with Crippen molar-refractivity contribution in [2.45, 2.75) is 78.2 Å². The molecule has 0 spiro atoms. The van der Waals surface area contributed by atoms with Crippen molar-refractivity contribution in [1.29, 1.82) is 0 Å². The molecule has 0 bridgehead atoms. The van der Waals surface area contributed by atoms with Crippen LogP contribution in [0, 0.1) is 5.41 Å². The van der Waals surface area contributed by atoms with Gasteiger partial charge in [0.2, 0.25) is 0 Å². The first-order valence-electron chi connectivity index (χ1n) is 6.87. The van der Waals surface area contributed by atoms with Gasteiger partial charge in [0.25, 0.3) is 0 Å². The van der Waals surface area contributed by atoms with Crippen molar-refractivity contribution in [3.05, 3.63) is 0 Å². The zero-order valence-electron chi connectivity index (χ0n) is 10.9. The highest BCUT2D eigenvalue weighted by Gasteiger charge is 2.24. The van der Waals surface area contributed by atoms with Gasteiger partial charge in [-0.05, 0) is 24.7 Å². The summed E-state index contributed by atoms with van der Waals surface area (Å²) in [6.45, 7) is 8.30. The van der Waals surface area contributed by atoms with Crippen molar-refractivity contribution in [3.8, 4) is 0 Å². The molecule has 1 aliphatic rings. The molecule has 0 heterocycles. The van der Waals surface area contributed by atoms with Crippen molar-refractivity contribution >= 4 is 0 Å². The monoisotopic (exact) mass is 211 g/mol. The summed E-state index contributed by atoms with van der Waals surface area (Å²) in [6, 6.07) is 0.865. The largest absolute Gasteiger partial charge is 0.313 e. The maximum absolute atomic E-state index is 3.65. The van der Waals surface area contributed by atoms with E-state index in [0.717, 1.165) is 6.04 Å². The van der Waals surface area contributed by atoms with E-state index < -0.39 is 0 Å². The SMILES string of the molecule is CCCCCCCC(C)(C)CNC1CC1. The van der Waals surface area contributed by atoms with Gasteiger partial charge in [-0.25, -0.2) is 0 Å². The van der Waals surface area contributed by atoms with E-state index >= 15 is 0 Å². The maximum atomic E-state index is 3.65. The Morgan fingerprint density at radius 3 is 2.33 bits per heavy atom. The van der Waals surface area contributed by atoms with Gasteiger partial charge in [-0.2, -0.15) is 0 Å². The summed E-state index contributed by atoms with van der Waals surface area (Å²) in [5.74, 6) is 0. The van der Waals surface area contributed by atoms with E-state index in [1.54, 1.807) is 0 Å². The van der Waals surface area contributed by atoms with E-state index in [4.69, 9.17) is 0 Å². The third-order valence-electron chi connectivity index (χ3n) is 3.40. The van der Waals surface area contributed by atoms with Crippen LogP contribution in [0.15, 0.2) is 0 Å². The Labute approximate surface area is 96.0 Å². The summed E-state index contributed by atoms with van der Waals surface area (Å²) in [5.41, 5.74) is 0.509. The van der Waals surface area contributed by atoms with E-state index in [9.17, 15) is 0 Å². The lowest BCUT2D eigenvalue weighted by Gasteiger charge is -2.25. The highest BCUT2D eigenvalue weighted by molar-refractivity contribution is 4.83. The van der Waals surface area contributed by atoms with Crippen LogP contribution in [0.1, 0.15) is 72.1 Å². The number of nitrogens with one attached hydrogen (secondary N) is 1. The Morgan fingerprint density at radius 2 is 1.73 bits per heavy atom. The molecule has 1 N–H and O–H groups in total. The minimum atomic E-state index is 0.509. The molecule has 1 saturated carbocycles. The first-order valence-corrected chi connectivity index (χ1v) is 6.87. The molecule has 0 aromatic heterocycles. The Balaban J connectivity index is 1.95. The van der Waals surface area contributed by atoms with Crippen LogP contribution >= 0.6 is 0 Å². The molecule has 1 aliphatic carbocycles. The van der Waals surface area contributed by atoms with E-state index in [1.165, 1.54) is 57.9 Å². The van der Waals surface area contributed by atoms with Gasteiger partial charge in [0.05, 0.1) is 0 Å². The van der Waals surface area contributed by atoms with Crippen LogP contribution in [0.5, 0.6) is 0 Å². The van der Waals surface area contributed by atoms with Gasteiger partial charge in [-0.3, -0.25) is 0 Å². The molecule has 0 atom stereocenters. The average molecular weight is 211 g/mol. The number of hydrogen-bond acceptors (Lipinski definition) is 1. The summed E-state index contributed by atoms with van der Waals surface area (Å²) in [5, 5.41) is 3.65. The highest BCUT2D eigenvalue weighted by atomic mass is 15.0. The lowest BCUT2D eigenvalue weighted by atomic mass is 9.86. The number of hydrogen-bond donors (Lipinski definition) is 1. The third-order valence-corrected chi connectivity index (χ3v) is 3.40. The van der Waals surface area contributed by atoms with E-state index in [1.807, 2.05) is 0 Å². The standard InChI is InChI=1S/C14H29N/c1-4-5-6-7-8-11-14(2,3)12-15-13-9-10-13/h13,15H,4-12H2,1-3H3. The van der Waals surface area contributed by atoms with Crippen molar-refractivity contribution in [1.82, 2.24) is 5.32 Å². The van der Waals surface area contributed by atoms with Crippen LogP contribution in [0.4, 0.5) is 0 Å². The second-order valence-electron chi connectivity index (χ2n) is 5.98. The van der Waals surface area contributed by atoms with Gasteiger partial charge in [0.1, 0.15) is 0 Å². The Morgan fingerprint density at radius 1 is 1.07 bits per heavy atom. The van der Waals surface area contributed by atoms with Crippen molar-refractivity contribution < 1.29 is 0 Å². The molecule has 90 valence electrons. The van der Waals surface area contributed by atoms with E-state index in [2.05, 4.69) is 26.1 Å². The molecular formula is C14H29N. The lowest BCUT2D eigenvalue weighted by molar-refractivity contribution is 0.300. The summed E-state index contributed by atoms with van der Waals surface area (Å²) < 4.78 is 0. The topological polar surface area (TPSA) is 12.0 Å². The van der Waals surface area contributed by atoms with Gasteiger partial charge in [0.15, 0.2) is 0 Å². The molecule has 15 heavy (non-hydrogen) atoms. The van der Waals surface area contributed by atoms with Crippen molar-refractivity contribution in [2.75, 3.05) is 6.54 Å². The first-order chi connectivity index (χ1) is 7.14. The predicted octanol–water partition coefficient (Wildman–Crippen LogP) is 4.13. The van der Waals surface area contributed by atoms with Crippen LogP contribution in [-0.4, -0.2) is 12.6 Å². The van der Waals surface area contributed by atoms with Crippen LogP contribution in [0.2, 0.25) is 0 Å². The summed E-state index contributed by atoms with van der Waals surface area (Å²) >= 11 is 0. The molecule has 0 aliphatic heterocycles. The molecule has 1 fully saturated rings. The molecule has 0 aromatic rings. The van der Waals surface area contributed by atoms with Crippen LogP contribution in [0.3, 0.4) is 0 Å². The molecule has 0 unspecified atom stereocenters. The molecule has 0 saturated heterocycles. The zero-order valence-corrected chi connectivity index (χ0v) is 10.9. The van der Waals surface area contributed by atoms with Crippen LogP contribution in [-0.2, 0) is 0 Å². The summed E-state index contributed by atoms with van der Waals surface area (Å²) in [6.07, 6.45) is 11.3. The molecular weight excluding hydrogens is 182 g/mol. The maximum Gasteiger partial charge on any atom is 0.00684 e. The second-order valence-corrected chi connectivity index (χ2v) is 5.98. The molecule has 1 heteroatoms. The minimum absolute atomic E-state index is 0.509. The second kappa shape index (κ2) is 6.52. The van der Waals surface area contributed by atoms with Gasteiger partial charge in [-0.1, -0.05) is 52.9 Å². The predicted molar refractivity (Wildman–Crippen MR) is 68.2 cm³/mol. The smallest absolute Gasteiger partial charge is 0.00684 e. The first kappa shape index (κ1) is 13.0. The lowest BCUT2D eigenvalue weighted by Crippen LogP contribution is -2.30. The normalized spacial score (nSPS) is 17.0. The molecule has 0 radical (unpaired) electrons. The molecule has 1 nitrogen and oxygen atoms in total. The van der Waals surface area contributed by atoms with Crippen LogP contribution < -0.4 is 5.32 Å². The summed E-state index contributed by atoms with van der Waals surface area (Å²) in [4.78, 5) is 0. The Kier molecular flexibility index (Phi) is 5.66. The molecule has 0 aromatic carbocycles. The van der Waals surface area contributed by atoms with Gasteiger partial charge in [0, 0.05) is 12.6 Å². The summed E-state index contributed by atoms with van der Waals surface area (Å²) in [7, 11) is 0. The van der Waals surface area contributed by atoms with Gasteiger partial charge in [-0.15, -0.1) is 0 Å². The van der Waals surface area contributed by atoms with E-state index in [0.29, 0.717) is 5.41 Å². The van der Waals surface area contributed by atoms with Crippen LogP contribution in [0.25, 0.3) is 0 Å². The zero-order chi connectivity index (χ0) is 11.1. The molecule has 0 amide bonds. The highest BCUT2D eigenvalue weighted by Crippen LogP contribution is 2.26. The van der Waals surface area contributed by atoms with Crippen molar-refractivity contribution in [3.63, 3.8) is 0 Å². The average Bonchev–Trinajstić information content (AvgIpc) is 2.98. The third kappa shape index (κ3) is 6.94. The number of rotatable bonds is 9. The Bertz CT molecular complexity index is 159. The van der Waals surface area contributed by atoms with Gasteiger partial charge >= 0.3 is 0 Å². The minimum Gasteiger partial charge on any atom is -0.313 e.